The fourth-order valence-corrected chi connectivity index (χ4v) is 3.48. The van der Waals surface area contributed by atoms with Crippen molar-refractivity contribution in [1.29, 1.82) is 0 Å². The van der Waals surface area contributed by atoms with Gasteiger partial charge in [0, 0.05) is 50.3 Å². The van der Waals surface area contributed by atoms with Crippen LogP contribution in [0.4, 0.5) is 19.1 Å². The Morgan fingerprint density at radius 1 is 1.00 bits per heavy atom. The number of hydrogen-bond acceptors (Lipinski definition) is 6. The Morgan fingerprint density at radius 2 is 1.69 bits per heavy atom. The van der Waals surface area contributed by atoms with Gasteiger partial charge < -0.3 is 9.80 Å². The molecule has 1 aliphatic rings. The zero-order valence-corrected chi connectivity index (χ0v) is 17.1. The van der Waals surface area contributed by atoms with Crippen LogP contribution in [0.3, 0.4) is 0 Å². The highest BCUT2D eigenvalue weighted by Gasteiger charge is 2.31. The van der Waals surface area contributed by atoms with Crippen LogP contribution in [0.15, 0.2) is 53.6 Å². The van der Waals surface area contributed by atoms with Crippen LogP contribution in [0.25, 0.3) is 5.69 Å². The maximum Gasteiger partial charge on any atom is 0.416 e. The molecular formula is C21H19F3N6O2. The zero-order valence-electron chi connectivity index (χ0n) is 17.1. The Morgan fingerprint density at radius 3 is 2.34 bits per heavy atom. The predicted molar refractivity (Wildman–Crippen MR) is 110 cm³/mol. The summed E-state index contributed by atoms with van der Waals surface area (Å²) in [6.45, 7) is 3.15. The molecule has 1 saturated heterocycles. The van der Waals surface area contributed by atoms with E-state index in [1.54, 1.807) is 25.4 Å². The third kappa shape index (κ3) is 4.32. The van der Waals surface area contributed by atoms with Crippen molar-refractivity contribution in [2.24, 2.45) is 0 Å². The molecule has 0 atom stereocenters. The van der Waals surface area contributed by atoms with Gasteiger partial charge in [-0.05, 0) is 31.2 Å². The molecule has 11 heteroatoms. The molecule has 3 aromatic rings. The number of aromatic nitrogens is 4. The molecule has 2 aromatic heterocycles. The first-order chi connectivity index (χ1) is 15.2. The number of hydrogen-bond donors (Lipinski definition) is 0. The Balaban J connectivity index is 1.58. The molecule has 1 fully saturated rings. The molecule has 0 N–H and O–H groups in total. The van der Waals surface area contributed by atoms with Gasteiger partial charge >= 0.3 is 6.18 Å². The number of benzene rings is 1. The van der Waals surface area contributed by atoms with E-state index in [2.05, 4.69) is 15.1 Å². The fourth-order valence-electron chi connectivity index (χ4n) is 3.48. The molecular weight excluding hydrogens is 425 g/mol. The summed E-state index contributed by atoms with van der Waals surface area (Å²) in [5.41, 5.74) is -1.33. The highest BCUT2D eigenvalue weighted by atomic mass is 19.4. The van der Waals surface area contributed by atoms with E-state index in [-0.39, 0.29) is 11.4 Å². The minimum absolute atomic E-state index is 0.109. The van der Waals surface area contributed by atoms with Crippen LogP contribution in [0, 0.1) is 6.92 Å². The van der Waals surface area contributed by atoms with Gasteiger partial charge in [0.1, 0.15) is 0 Å². The summed E-state index contributed by atoms with van der Waals surface area (Å²) in [4.78, 5) is 37.3. The summed E-state index contributed by atoms with van der Waals surface area (Å²) >= 11 is 0. The smallest absolute Gasteiger partial charge is 0.337 e. The molecule has 166 valence electrons. The lowest BCUT2D eigenvalue weighted by molar-refractivity contribution is -0.137. The maximum absolute atomic E-state index is 13.1. The highest BCUT2D eigenvalue weighted by molar-refractivity contribution is 5.92. The second-order valence-electron chi connectivity index (χ2n) is 7.29. The van der Waals surface area contributed by atoms with Crippen LogP contribution < -0.4 is 10.3 Å². The normalized spacial score (nSPS) is 14.5. The van der Waals surface area contributed by atoms with Crippen LogP contribution >= 0.6 is 0 Å². The van der Waals surface area contributed by atoms with E-state index in [1.165, 1.54) is 27.8 Å². The molecule has 1 aromatic carbocycles. The number of amides is 1. The number of carbonyl (C=O) groups is 1. The van der Waals surface area contributed by atoms with Crippen LogP contribution in [0.2, 0.25) is 0 Å². The molecule has 0 unspecified atom stereocenters. The zero-order chi connectivity index (χ0) is 22.9. The van der Waals surface area contributed by atoms with Gasteiger partial charge in [0.05, 0.1) is 11.3 Å². The first kappa shape index (κ1) is 21.5. The second-order valence-corrected chi connectivity index (χ2v) is 7.29. The van der Waals surface area contributed by atoms with Crippen LogP contribution in [-0.4, -0.2) is 56.7 Å². The van der Waals surface area contributed by atoms with E-state index < -0.39 is 23.1 Å². The molecule has 0 saturated carbocycles. The number of alkyl halides is 3. The van der Waals surface area contributed by atoms with Crippen molar-refractivity contribution in [3.63, 3.8) is 0 Å². The van der Waals surface area contributed by atoms with Crippen LogP contribution in [0.1, 0.15) is 21.7 Å². The molecule has 0 bridgehead atoms. The number of piperazine rings is 1. The Bertz CT molecular complexity index is 1190. The van der Waals surface area contributed by atoms with Gasteiger partial charge in [0.15, 0.2) is 5.69 Å². The summed E-state index contributed by atoms with van der Waals surface area (Å²) in [5, 5.41) is 4.12. The van der Waals surface area contributed by atoms with Crippen LogP contribution in [0.5, 0.6) is 0 Å². The third-order valence-electron chi connectivity index (χ3n) is 5.13. The van der Waals surface area contributed by atoms with Gasteiger partial charge in [0.25, 0.3) is 5.91 Å². The van der Waals surface area contributed by atoms with Gasteiger partial charge in [-0.2, -0.15) is 18.3 Å². The molecule has 1 aliphatic heterocycles. The maximum atomic E-state index is 13.1. The van der Waals surface area contributed by atoms with Crippen molar-refractivity contribution in [2.75, 3.05) is 31.1 Å². The van der Waals surface area contributed by atoms with Crippen molar-refractivity contribution in [3.05, 3.63) is 76.0 Å². The SMILES string of the molecule is Cc1cc(=O)c(C(=O)N2CCN(c3ncccn3)CC2)nn1-c1cccc(C(F)(F)F)c1. The summed E-state index contributed by atoms with van der Waals surface area (Å²) in [5.74, 6) is -0.00989. The summed E-state index contributed by atoms with van der Waals surface area (Å²) in [6, 6.07) is 7.48. The number of nitrogens with zero attached hydrogens (tertiary/aromatic N) is 6. The van der Waals surface area contributed by atoms with Crippen molar-refractivity contribution < 1.29 is 18.0 Å². The molecule has 32 heavy (non-hydrogen) atoms. The lowest BCUT2D eigenvalue weighted by Gasteiger charge is -2.34. The number of aryl methyl sites for hydroxylation is 1. The largest absolute Gasteiger partial charge is 0.416 e. The molecule has 3 heterocycles. The molecule has 4 rings (SSSR count). The average Bonchev–Trinajstić information content (AvgIpc) is 2.79. The Hall–Kier alpha value is -3.76. The van der Waals surface area contributed by atoms with Gasteiger partial charge in [0.2, 0.25) is 11.4 Å². The van der Waals surface area contributed by atoms with E-state index in [0.717, 1.165) is 12.1 Å². The number of carbonyl (C=O) groups excluding carboxylic acids is 1. The average molecular weight is 444 g/mol. The molecule has 8 nitrogen and oxygen atoms in total. The lowest BCUT2D eigenvalue weighted by Crippen LogP contribution is -2.50. The summed E-state index contributed by atoms with van der Waals surface area (Å²) in [6.07, 6.45) is -1.26. The summed E-state index contributed by atoms with van der Waals surface area (Å²) in [7, 11) is 0. The van der Waals surface area contributed by atoms with Crippen LogP contribution in [-0.2, 0) is 6.18 Å². The molecule has 0 radical (unpaired) electrons. The van der Waals surface area contributed by atoms with E-state index in [9.17, 15) is 22.8 Å². The molecule has 0 aliphatic carbocycles. The van der Waals surface area contributed by atoms with E-state index in [4.69, 9.17) is 0 Å². The van der Waals surface area contributed by atoms with E-state index in [0.29, 0.717) is 37.8 Å². The summed E-state index contributed by atoms with van der Waals surface area (Å²) < 4.78 is 40.5. The number of halogens is 3. The minimum Gasteiger partial charge on any atom is -0.337 e. The van der Waals surface area contributed by atoms with E-state index in [1.807, 2.05) is 4.90 Å². The molecule has 1 amide bonds. The van der Waals surface area contributed by atoms with Crippen molar-refractivity contribution in [3.8, 4) is 5.69 Å². The van der Waals surface area contributed by atoms with Gasteiger partial charge in [-0.3, -0.25) is 9.59 Å². The fraction of sp³-hybridized carbons (Fsp3) is 0.286. The first-order valence-electron chi connectivity index (χ1n) is 9.84. The van der Waals surface area contributed by atoms with Gasteiger partial charge in [-0.1, -0.05) is 6.07 Å². The standard InChI is InChI=1S/C21H19F3N6O2/c1-14-12-17(31)18(27-30(14)16-5-2-4-15(13-16)21(22,23)24)19(32)28-8-10-29(11-9-28)20-25-6-3-7-26-20/h2-7,12-13H,8-11H2,1H3. The lowest BCUT2D eigenvalue weighted by atomic mass is 10.2. The van der Waals surface area contributed by atoms with E-state index >= 15 is 0 Å². The number of anilines is 1. The quantitative estimate of drug-likeness (QED) is 0.617. The highest BCUT2D eigenvalue weighted by Crippen LogP contribution is 2.30. The Labute approximate surface area is 180 Å². The third-order valence-corrected chi connectivity index (χ3v) is 5.13. The monoisotopic (exact) mass is 444 g/mol. The van der Waals surface area contributed by atoms with Gasteiger partial charge in [-0.15, -0.1) is 0 Å². The number of rotatable bonds is 3. The first-order valence-corrected chi connectivity index (χ1v) is 9.84. The Kier molecular flexibility index (Phi) is 5.64. The topological polar surface area (TPSA) is 84.2 Å². The van der Waals surface area contributed by atoms with Crippen molar-refractivity contribution in [1.82, 2.24) is 24.6 Å². The molecule has 0 spiro atoms. The predicted octanol–water partition coefficient (Wildman–Crippen LogP) is 2.31. The van der Waals surface area contributed by atoms with Gasteiger partial charge in [-0.25, -0.2) is 14.6 Å². The minimum atomic E-state index is -4.52. The van der Waals surface area contributed by atoms with Crippen molar-refractivity contribution in [2.45, 2.75) is 13.1 Å². The second kappa shape index (κ2) is 8.40. The van der Waals surface area contributed by atoms with Crippen molar-refractivity contribution >= 4 is 11.9 Å².